The maximum absolute atomic E-state index is 5.46. The number of halogens is 1. The molecule has 0 atom stereocenters. The highest BCUT2D eigenvalue weighted by molar-refractivity contribution is 9.10. The number of rotatable bonds is 1. The number of aromatic nitrogens is 2. The fraction of sp³-hybridized carbons (Fsp3) is 0.133. The van der Waals surface area contributed by atoms with Gasteiger partial charge in [0.2, 0.25) is 0 Å². The van der Waals surface area contributed by atoms with E-state index < -0.39 is 0 Å². The van der Waals surface area contributed by atoms with Crippen LogP contribution in [-0.4, -0.2) is 9.55 Å². The zero-order valence-electron chi connectivity index (χ0n) is 10.7. The van der Waals surface area contributed by atoms with Crippen molar-refractivity contribution >= 4 is 39.2 Å². The van der Waals surface area contributed by atoms with E-state index >= 15 is 0 Å². The normalized spacial score (nSPS) is 11.1. The number of hydrogen-bond donors (Lipinski definition) is 1. The molecule has 0 aliphatic rings. The van der Waals surface area contributed by atoms with Gasteiger partial charge in [0.1, 0.15) is 0 Å². The van der Waals surface area contributed by atoms with Crippen molar-refractivity contribution in [3.63, 3.8) is 0 Å². The van der Waals surface area contributed by atoms with Crippen LogP contribution in [0.2, 0.25) is 0 Å². The van der Waals surface area contributed by atoms with Gasteiger partial charge in [-0.1, -0.05) is 22.0 Å². The Morgan fingerprint density at radius 3 is 2.58 bits per heavy atom. The second-order valence-corrected chi connectivity index (χ2v) is 6.08. The van der Waals surface area contributed by atoms with Crippen LogP contribution in [0, 0.1) is 18.6 Å². The van der Waals surface area contributed by atoms with E-state index in [1.165, 1.54) is 11.1 Å². The third-order valence-electron chi connectivity index (χ3n) is 3.12. The molecule has 96 valence electrons. The molecule has 1 N–H and O–H groups in total. The molecule has 19 heavy (non-hydrogen) atoms. The summed E-state index contributed by atoms with van der Waals surface area (Å²) in [6, 6.07) is 12.6. The number of fused-ring (bicyclic) bond motifs is 1. The number of aryl methyl sites for hydroxylation is 2. The Kier molecular flexibility index (Phi) is 3.07. The van der Waals surface area contributed by atoms with E-state index in [2.05, 4.69) is 75.7 Å². The topological polar surface area (TPSA) is 20.7 Å². The molecule has 2 aromatic carbocycles. The first-order valence-electron chi connectivity index (χ1n) is 6.03. The Labute approximate surface area is 125 Å². The lowest BCUT2D eigenvalue weighted by Gasteiger charge is -2.07. The molecule has 0 radical (unpaired) electrons. The van der Waals surface area contributed by atoms with Crippen molar-refractivity contribution in [3.8, 4) is 5.69 Å². The Hall–Kier alpha value is -1.39. The number of imidazole rings is 1. The summed E-state index contributed by atoms with van der Waals surface area (Å²) in [4.78, 5) is 3.27. The number of nitrogens with zero attached hydrogens (tertiary/aromatic N) is 1. The lowest BCUT2D eigenvalue weighted by molar-refractivity contribution is 1.06. The minimum Gasteiger partial charge on any atom is -0.330 e. The van der Waals surface area contributed by atoms with Crippen molar-refractivity contribution in [2.24, 2.45) is 0 Å². The van der Waals surface area contributed by atoms with Crippen LogP contribution >= 0.6 is 28.1 Å². The van der Waals surface area contributed by atoms with Gasteiger partial charge >= 0.3 is 0 Å². The van der Waals surface area contributed by atoms with Gasteiger partial charge in [-0.3, -0.25) is 4.57 Å². The smallest absolute Gasteiger partial charge is 0.182 e. The minimum absolute atomic E-state index is 0.720. The van der Waals surface area contributed by atoms with Gasteiger partial charge in [0.25, 0.3) is 0 Å². The molecule has 0 unspecified atom stereocenters. The summed E-state index contributed by atoms with van der Waals surface area (Å²) in [6.07, 6.45) is 0. The maximum Gasteiger partial charge on any atom is 0.182 e. The average Bonchev–Trinajstić information content (AvgIpc) is 2.62. The number of hydrogen-bond acceptors (Lipinski definition) is 1. The molecule has 0 saturated heterocycles. The second-order valence-electron chi connectivity index (χ2n) is 4.77. The first kappa shape index (κ1) is 12.6. The fourth-order valence-electron chi connectivity index (χ4n) is 2.33. The molecule has 4 heteroatoms. The van der Waals surface area contributed by atoms with Crippen molar-refractivity contribution < 1.29 is 0 Å². The van der Waals surface area contributed by atoms with Crippen molar-refractivity contribution in [1.29, 1.82) is 0 Å². The van der Waals surface area contributed by atoms with Gasteiger partial charge in [0.05, 0.1) is 11.0 Å². The zero-order valence-corrected chi connectivity index (χ0v) is 13.1. The molecule has 0 aliphatic heterocycles. The van der Waals surface area contributed by atoms with Gasteiger partial charge in [0.15, 0.2) is 4.77 Å². The average molecular weight is 333 g/mol. The molecule has 3 aromatic rings. The fourth-order valence-corrected chi connectivity index (χ4v) is 3.24. The van der Waals surface area contributed by atoms with Crippen LogP contribution in [0.25, 0.3) is 16.7 Å². The summed E-state index contributed by atoms with van der Waals surface area (Å²) in [5.41, 5.74) is 5.68. The Balaban J connectivity index is 2.36. The first-order valence-corrected chi connectivity index (χ1v) is 7.24. The number of H-pyrrole nitrogens is 1. The van der Waals surface area contributed by atoms with E-state index in [0.717, 1.165) is 26.0 Å². The molecule has 0 spiro atoms. The quantitative estimate of drug-likeness (QED) is 0.617. The summed E-state index contributed by atoms with van der Waals surface area (Å²) in [5.74, 6) is 0. The number of benzene rings is 2. The highest BCUT2D eigenvalue weighted by atomic mass is 79.9. The SMILES string of the molecule is Cc1cc(Br)cc(-n2c(=S)[nH]c3cc(C)ccc32)c1. The largest absolute Gasteiger partial charge is 0.330 e. The predicted molar refractivity (Wildman–Crippen MR) is 85.6 cm³/mol. The van der Waals surface area contributed by atoms with Gasteiger partial charge in [-0.05, 0) is 67.5 Å². The van der Waals surface area contributed by atoms with Crippen LogP contribution in [0.4, 0.5) is 0 Å². The van der Waals surface area contributed by atoms with Crippen LogP contribution in [0.3, 0.4) is 0 Å². The lowest BCUT2D eigenvalue weighted by atomic mass is 10.2. The van der Waals surface area contributed by atoms with E-state index in [1.54, 1.807) is 0 Å². The summed E-state index contributed by atoms with van der Waals surface area (Å²) >= 11 is 9.00. The summed E-state index contributed by atoms with van der Waals surface area (Å²) < 4.78 is 3.85. The second kappa shape index (κ2) is 4.62. The molecule has 0 amide bonds. The van der Waals surface area contributed by atoms with Crippen LogP contribution < -0.4 is 0 Å². The molecule has 2 nitrogen and oxygen atoms in total. The highest BCUT2D eigenvalue weighted by Gasteiger charge is 2.07. The Morgan fingerprint density at radius 2 is 1.84 bits per heavy atom. The molecule has 1 aromatic heterocycles. The molecule has 0 bridgehead atoms. The summed E-state index contributed by atoms with van der Waals surface area (Å²) in [6.45, 7) is 4.16. The standard InChI is InChI=1S/C15H13BrN2S/c1-9-3-4-14-13(7-9)17-15(19)18(14)12-6-10(2)5-11(16)8-12/h3-8H,1-2H3,(H,17,19). The van der Waals surface area contributed by atoms with E-state index in [4.69, 9.17) is 12.2 Å². The van der Waals surface area contributed by atoms with Gasteiger partial charge in [-0.2, -0.15) is 0 Å². The van der Waals surface area contributed by atoms with E-state index in [9.17, 15) is 0 Å². The van der Waals surface area contributed by atoms with Crippen molar-refractivity contribution in [2.45, 2.75) is 13.8 Å². The zero-order chi connectivity index (χ0) is 13.6. The van der Waals surface area contributed by atoms with E-state index in [0.29, 0.717) is 0 Å². The summed E-state index contributed by atoms with van der Waals surface area (Å²) in [5, 5.41) is 0. The van der Waals surface area contributed by atoms with E-state index in [-0.39, 0.29) is 0 Å². The van der Waals surface area contributed by atoms with Crippen LogP contribution in [-0.2, 0) is 0 Å². The first-order chi connectivity index (χ1) is 9.04. The summed E-state index contributed by atoms with van der Waals surface area (Å²) in [7, 11) is 0. The molecule has 0 aliphatic carbocycles. The lowest BCUT2D eigenvalue weighted by Crippen LogP contribution is -1.94. The van der Waals surface area contributed by atoms with Gasteiger partial charge in [-0.25, -0.2) is 0 Å². The molecular weight excluding hydrogens is 320 g/mol. The van der Waals surface area contributed by atoms with Crippen LogP contribution in [0.15, 0.2) is 40.9 Å². The highest BCUT2D eigenvalue weighted by Crippen LogP contribution is 2.24. The van der Waals surface area contributed by atoms with Crippen LogP contribution in [0.5, 0.6) is 0 Å². The molecule has 3 rings (SSSR count). The number of nitrogens with one attached hydrogen (secondary N) is 1. The van der Waals surface area contributed by atoms with E-state index in [1.807, 2.05) is 0 Å². The van der Waals surface area contributed by atoms with Crippen molar-refractivity contribution in [2.75, 3.05) is 0 Å². The predicted octanol–water partition coefficient (Wildman–Crippen LogP) is 5.07. The third kappa shape index (κ3) is 2.26. The molecular formula is C15H13BrN2S. The van der Waals surface area contributed by atoms with Gasteiger partial charge in [0, 0.05) is 10.2 Å². The van der Waals surface area contributed by atoms with Crippen LogP contribution in [0.1, 0.15) is 11.1 Å². The van der Waals surface area contributed by atoms with Gasteiger partial charge < -0.3 is 4.98 Å². The molecule has 1 heterocycles. The molecule has 0 saturated carbocycles. The maximum atomic E-state index is 5.46. The monoisotopic (exact) mass is 332 g/mol. The van der Waals surface area contributed by atoms with Crippen molar-refractivity contribution in [3.05, 3.63) is 56.8 Å². The Morgan fingerprint density at radius 1 is 1.05 bits per heavy atom. The Bertz CT molecular complexity index is 810. The van der Waals surface area contributed by atoms with Gasteiger partial charge in [-0.15, -0.1) is 0 Å². The third-order valence-corrected chi connectivity index (χ3v) is 3.87. The van der Waals surface area contributed by atoms with Crippen molar-refractivity contribution in [1.82, 2.24) is 9.55 Å². The molecule has 0 fully saturated rings. The number of aromatic amines is 1. The minimum atomic E-state index is 0.720.